The Labute approximate surface area is 391 Å². The Hall–Kier alpha value is -2.37. The van der Waals surface area contributed by atoms with E-state index in [4.69, 9.17) is 9.47 Å². The molecule has 9 heteroatoms. The molecule has 0 aromatic heterocycles. The van der Waals surface area contributed by atoms with Gasteiger partial charge >= 0.3 is 0 Å². The summed E-state index contributed by atoms with van der Waals surface area (Å²) in [6.45, 7) is 3.66. The molecule has 0 saturated carbocycles. The molecule has 1 saturated heterocycles. The Morgan fingerprint density at radius 2 is 0.969 bits per heavy atom. The van der Waals surface area contributed by atoms with Crippen molar-refractivity contribution in [2.45, 2.75) is 256 Å². The molecule has 370 valence electrons. The number of nitrogens with one attached hydrogen (secondary N) is 1. The van der Waals surface area contributed by atoms with Gasteiger partial charge < -0.3 is 40.3 Å². The third kappa shape index (κ3) is 34.0. The molecule has 6 N–H and O–H groups in total. The summed E-state index contributed by atoms with van der Waals surface area (Å²) in [6.07, 6.45) is 53.7. The number of aliphatic hydroxyl groups is 5. The van der Waals surface area contributed by atoms with Crippen LogP contribution in [0.25, 0.3) is 0 Å². The molecule has 9 nitrogen and oxygen atoms in total. The molecule has 0 radical (unpaired) electrons. The molecule has 64 heavy (non-hydrogen) atoms. The smallest absolute Gasteiger partial charge is 0.220 e. The van der Waals surface area contributed by atoms with Crippen LogP contribution < -0.4 is 5.32 Å². The Morgan fingerprint density at radius 1 is 0.547 bits per heavy atom. The van der Waals surface area contributed by atoms with Gasteiger partial charge in [0.2, 0.25) is 5.91 Å². The van der Waals surface area contributed by atoms with E-state index in [-0.39, 0.29) is 12.5 Å². The van der Waals surface area contributed by atoms with Gasteiger partial charge in [-0.15, -0.1) is 0 Å². The van der Waals surface area contributed by atoms with Crippen molar-refractivity contribution < 1.29 is 39.8 Å². The van der Waals surface area contributed by atoms with E-state index in [1.54, 1.807) is 6.08 Å². The summed E-state index contributed by atoms with van der Waals surface area (Å²) in [4.78, 5) is 13.0. The highest BCUT2D eigenvalue weighted by molar-refractivity contribution is 5.76. The highest BCUT2D eigenvalue weighted by Crippen LogP contribution is 2.23. The zero-order valence-corrected chi connectivity index (χ0v) is 40.8. The van der Waals surface area contributed by atoms with E-state index in [0.717, 1.165) is 89.9 Å². The minimum Gasteiger partial charge on any atom is -0.394 e. The molecule has 1 amide bonds. The number of rotatable bonds is 43. The highest BCUT2D eigenvalue weighted by atomic mass is 16.7. The van der Waals surface area contributed by atoms with Crippen molar-refractivity contribution in [2.24, 2.45) is 0 Å². The first-order chi connectivity index (χ1) is 31.3. The second-order valence-corrected chi connectivity index (χ2v) is 17.9. The zero-order chi connectivity index (χ0) is 46.6. The van der Waals surface area contributed by atoms with Crippen molar-refractivity contribution in [3.63, 3.8) is 0 Å². The molecular formula is C55H97NO8. The molecule has 7 atom stereocenters. The number of allylic oxidation sites excluding steroid dienone is 11. The lowest BCUT2D eigenvalue weighted by Gasteiger charge is -2.40. The van der Waals surface area contributed by atoms with Gasteiger partial charge in [0.1, 0.15) is 24.4 Å². The van der Waals surface area contributed by atoms with Crippen LogP contribution in [0.3, 0.4) is 0 Å². The highest BCUT2D eigenvalue weighted by Gasteiger charge is 2.44. The fourth-order valence-electron chi connectivity index (χ4n) is 7.89. The van der Waals surface area contributed by atoms with E-state index >= 15 is 0 Å². The van der Waals surface area contributed by atoms with Crippen molar-refractivity contribution >= 4 is 5.91 Å². The predicted octanol–water partition coefficient (Wildman–Crippen LogP) is 12.1. The van der Waals surface area contributed by atoms with Crippen LogP contribution in [0.2, 0.25) is 0 Å². The summed E-state index contributed by atoms with van der Waals surface area (Å²) < 4.78 is 11.2. The Balaban J connectivity index is 2.32. The molecule has 1 heterocycles. The molecule has 0 aromatic carbocycles. The second-order valence-electron chi connectivity index (χ2n) is 17.9. The molecule has 0 aromatic rings. The Kier molecular flexibility index (Phi) is 41.4. The number of unbranched alkanes of at least 4 members (excludes halogenated alkanes) is 23. The van der Waals surface area contributed by atoms with Gasteiger partial charge in [-0.3, -0.25) is 4.79 Å². The maximum absolute atomic E-state index is 13.0. The van der Waals surface area contributed by atoms with Crippen LogP contribution in [-0.4, -0.2) is 87.5 Å². The molecule has 1 fully saturated rings. The molecule has 1 aliphatic rings. The lowest BCUT2D eigenvalue weighted by atomic mass is 9.99. The third-order valence-corrected chi connectivity index (χ3v) is 12.0. The SMILES string of the molecule is CC/C=C\C/C=C\C/C=C\C/C=C\C/C=C\CCCCCCCC(=O)NC(COC1OC(CO)C(O)C(O)C1O)C(O)/C=C/CCCCCCCCCCCCCCCCCCCC. The fraction of sp³-hybridized carbons (Fsp3) is 0.764. The average Bonchev–Trinajstić information content (AvgIpc) is 3.29. The molecule has 0 spiro atoms. The summed E-state index contributed by atoms with van der Waals surface area (Å²) in [5, 5.41) is 54.4. The predicted molar refractivity (Wildman–Crippen MR) is 267 cm³/mol. The minimum absolute atomic E-state index is 0.197. The van der Waals surface area contributed by atoms with E-state index < -0.39 is 49.5 Å². The van der Waals surface area contributed by atoms with Gasteiger partial charge in [-0.1, -0.05) is 215 Å². The van der Waals surface area contributed by atoms with Gasteiger partial charge in [-0.05, 0) is 64.2 Å². The topological polar surface area (TPSA) is 149 Å². The molecule has 1 aliphatic heterocycles. The van der Waals surface area contributed by atoms with Gasteiger partial charge in [0.15, 0.2) is 6.29 Å². The van der Waals surface area contributed by atoms with E-state index in [1.807, 2.05) is 6.08 Å². The first-order valence-corrected chi connectivity index (χ1v) is 26.2. The van der Waals surface area contributed by atoms with Crippen LogP contribution in [0.1, 0.15) is 213 Å². The number of hydrogen-bond acceptors (Lipinski definition) is 8. The van der Waals surface area contributed by atoms with Crippen LogP contribution in [-0.2, 0) is 14.3 Å². The van der Waals surface area contributed by atoms with Crippen molar-refractivity contribution in [1.29, 1.82) is 0 Å². The van der Waals surface area contributed by atoms with E-state index in [9.17, 15) is 30.3 Å². The van der Waals surface area contributed by atoms with Crippen LogP contribution in [0.4, 0.5) is 0 Å². The summed E-state index contributed by atoms with van der Waals surface area (Å²) in [6, 6.07) is -0.820. The van der Waals surface area contributed by atoms with Gasteiger partial charge in [0.05, 0.1) is 25.4 Å². The summed E-state index contributed by atoms with van der Waals surface area (Å²) >= 11 is 0. The normalized spacial score (nSPS) is 20.6. The van der Waals surface area contributed by atoms with Crippen molar-refractivity contribution in [2.75, 3.05) is 13.2 Å². The lowest BCUT2D eigenvalue weighted by Crippen LogP contribution is -2.60. The number of hydrogen-bond donors (Lipinski definition) is 6. The van der Waals surface area contributed by atoms with E-state index in [2.05, 4.69) is 79.9 Å². The van der Waals surface area contributed by atoms with E-state index in [1.165, 1.54) is 103 Å². The standard InChI is InChI=1S/C55H97NO8/c1-3-5-7-9-11-13-15-17-19-21-23-25-27-29-31-33-35-37-39-41-43-45-51(59)56-48(47-63-55-54(62)53(61)52(60)50(46-57)64-55)49(58)44-42-40-38-36-34-32-30-28-26-24-22-20-18-16-14-12-10-8-6-4-2/h5,7,11,13,17,19,23,25,29,31,42,44,48-50,52-55,57-58,60-62H,3-4,6,8-10,12,14-16,18,20-22,24,26-28,30,32-41,43,45-47H2,1-2H3,(H,56,59)/b7-5-,13-11-,19-17-,25-23-,31-29-,44-42+. The zero-order valence-electron chi connectivity index (χ0n) is 40.8. The minimum atomic E-state index is -1.57. The number of carbonyl (C=O) groups is 1. The third-order valence-electron chi connectivity index (χ3n) is 12.0. The largest absolute Gasteiger partial charge is 0.394 e. The maximum Gasteiger partial charge on any atom is 0.220 e. The first kappa shape index (κ1) is 59.6. The fourth-order valence-corrected chi connectivity index (χ4v) is 7.89. The quantitative estimate of drug-likeness (QED) is 0.0262. The van der Waals surface area contributed by atoms with Crippen molar-refractivity contribution in [3.8, 4) is 0 Å². The molecule has 0 bridgehead atoms. The number of aliphatic hydroxyl groups excluding tert-OH is 5. The summed E-state index contributed by atoms with van der Waals surface area (Å²) in [5.41, 5.74) is 0. The van der Waals surface area contributed by atoms with Crippen LogP contribution >= 0.6 is 0 Å². The maximum atomic E-state index is 13.0. The monoisotopic (exact) mass is 900 g/mol. The first-order valence-electron chi connectivity index (χ1n) is 26.2. The van der Waals surface area contributed by atoms with Gasteiger partial charge in [-0.25, -0.2) is 0 Å². The molecule has 0 aliphatic carbocycles. The lowest BCUT2D eigenvalue weighted by molar-refractivity contribution is -0.302. The van der Waals surface area contributed by atoms with Crippen molar-refractivity contribution in [1.82, 2.24) is 5.32 Å². The van der Waals surface area contributed by atoms with Crippen LogP contribution in [0, 0.1) is 0 Å². The van der Waals surface area contributed by atoms with E-state index in [0.29, 0.717) is 6.42 Å². The number of ether oxygens (including phenoxy) is 2. The average molecular weight is 900 g/mol. The second kappa shape index (κ2) is 44.5. The number of carbonyl (C=O) groups excluding carboxylic acids is 1. The number of amides is 1. The summed E-state index contributed by atoms with van der Waals surface area (Å²) in [5.74, 6) is -0.197. The Bertz CT molecular complexity index is 1230. The summed E-state index contributed by atoms with van der Waals surface area (Å²) in [7, 11) is 0. The van der Waals surface area contributed by atoms with Gasteiger partial charge in [-0.2, -0.15) is 0 Å². The van der Waals surface area contributed by atoms with Gasteiger partial charge in [0, 0.05) is 6.42 Å². The van der Waals surface area contributed by atoms with Crippen LogP contribution in [0.5, 0.6) is 0 Å². The van der Waals surface area contributed by atoms with Crippen molar-refractivity contribution in [3.05, 3.63) is 72.9 Å². The molecular weight excluding hydrogens is 803 g/mol. The molecule has 7 unspecified atom stereocenters. The Morgan fingerprint density at radius 3 is 1.44 bits per heavy atom. The van der Waals surface area contributed by atoms with Gasteiger partial charge in [0.25, 0.3) is 0 Å². The molecule has 1 rings (SSSR count). The van der Waals surface area contributed by atoms with Crippen LogP contribution in [0.15, 0.2) is 72.9 Å².